The molecule has 0 aliphatic heterocycles. The molecule has 1 N–H and O–H groups in total. The maximum absolute atomic E-state index is 12.8. The normalized spacial score (nSPS) is 11.0. The van der Waals surface area contributed by atoms with Gasteiger partial charge >= 0.3 is 0 Å². The van der Waals surface area contributed by atoms with Gasteiger partial charge in [0.05, 0.1) is 12.3 Å². The van der Waals surface area contributed by atoms with Crippen molar-refractivity contribution in [2.24, 2.45) is 0 Å². The Morgan fingerprint density at radius 1 is 1.09 bits per heavy atom. The van der Waals surface area contributed by atoms with Crippen LogP contribution < -0.4 is 10.1 Å². The smallest absolute Gasteiger partial charge is 0.266 e. The number of ether oxygens (including phenoxy) is 1. The summed E-state index contributed by atoms with van der Waals surface area (Å²) in [4.78, 5) is 12.8. The van der Waals surface area contributed by atoms with Gasteiger partial charge in [0.1, 0.15) is 23.1 Å². The highest BCUT2D eigenvalue weighted by Gasteiger charge is 2.16. The molecule has 4 rings (SSSR count). The first-order valence-corrected chi connectivity index (χ1v) is 11.0. The van der Waals surface area contributed by atoms with Crippen molar-refractivity contribution in [3.8, 4) is 28.8 Å². The summed E-state index contributed by atoms with van der Waals surface area (Å²) in [6.07, 6.45) is 3.38. The molecule has 1 amide bonds. The Balaban J connectivity index is 1.75. The number of nitriles is 1. The predicted octanol–water partition coefficient (Wildman–Crippen LogP) is 5.79. The highest BCUT2D eigenvalue weighted by molar-refractivity contribution is 6.10. The van der Waals surface area contributed by atoms with E-state index in [1.54, 1.807) is 22.9 Å². The standard InChI is InChI=1S/C28H24N4O2/c1-3-34-26-11-7-8-21(17-26)27-23(19-32(31-27)25-9-5-4-6-10-25)16-22(18-29)28(33)30-24-14-12-20(2)13-15-24/h4-17,19H,3H2,1-2H3,(H,30,33). The Kier molecular flexibility index (Phi) is 6.85. The highest BCUT2D eigenvalue weighted by Crippen LogP contribution is 2.28. The average Bonchev–Trinajstić information content (AvgIpc) is 3.29. The van der Waals surface area contributed by atoms with Gasteiger partial charge < -0.3 is 10.1 Å². The molecular formula is C28H24N4O2. The first kappa shape index (κ1) is 22.6. The minimum Gasteiger partial charge on any atom is -0.494 e. The summed E-state index contributed by atoms with van der Waals surface area (Å²) in [5, 5.41) is 17.3. The van der Waals surface area contributed by atoms with Crippen molar-refractivity contribution < 1.29 is 9.53 Å². The monoisotopic (exact) mass is 448 g/mol. The summed E-state index contributed by atoms with van der Waals surface area (Å²) in [6, 6.07) is 26.7. The van der Waals surface area contributed by atoms with Crippen LogP contribution in [0.25, 0.3) is 23.0 Å². The lowest BCUT2D eigenvalue weighted by molar-refractivity contribution is -0.112. The minimum absolute atomic E-state index is 0.0181. The lowest BCUT2D eigenvalue weighted by Crippen LogP contribution is -2.13. The van der Waals surface area contributed by atoms with Gasteiger partial charge in [-0.1, -0.05) is 48.0 Å². The molecule has 1 aromatic heterocycles. The van der Waals surface area contributed by atoms with E-state index >= 15 is 0 Å². The van der Waals surface area contributed by atoms with Gasteiger partial charge in [-0.15, -0.1) is 0 Å². The van der Waals surface area contributed by atoms with E-state index in [9.17, 15) is 10.1 Å². The van der Waals surface area contributed by atoms with Crippen molar-refractivity contribution in [3.63, 3.8) is 0 Å². The summed E-state index contributed by atoms with van der Waals surface area (Å²) in [7, 11) is 0. The largest absolute Gasteiger partial charge is 0.494 e. The van der Waals surface area contributed by atoms with Crippen LogP contribution in [0.1, 0.15) is 18.1 Å². The second-order valence-corrected chi connectivity index (χ2v) is 7.66. The molecule has 0 saturated carbocycles. The van der Waals surface area contributed by atoms with Crippen LogP contribution in [-0.2, 0) is 4.79 Å². The van der Waals surface area contributed by atoms with Crippen molar-refractivity contribution in [2.45, 2.75) is 13.8 Å². The van der Waals surface area contributed by atoms with Crippen LogP contribution in [0.5, 0.6) is 5.75 Å². The number of anilines is 1. The van der Waals surface area contributed by atoms with E-state index in [2.05, 4.69) is 5.32 Å². The predicted molar refractivity (Wildman–Crippen MR) is 134 cm³/mol. The van der Waals surface area contributed by atoms with E-state index in [0.717, 1.165) is 22.6 Å². The number of hydrogen-bond donors (Lipinski definition) is 1. The molecular weight excluding hydrogens is 424 g/mol. The van der Waals surface area contributed by atoms with Crippen LogP contribution in [0.2, 0.25) is 0 Å². The van der Waals surface area contributed by atoms with Gasteiger partial charge in [0, 0.05) is 23.0 Å². The molecule has 0 saturated heterocycles. The van der Waals surface area contributed by atoms with Gasteiger partial charge in [-0.3, -0.25) is 4.79 Å². The molecule has 0 fully saturated rings. The molecule has 4 aromatic rings. The van der Waals surface area contributed by atoms with Gasteiger partial charge in [-0.05, 0) is 56.3 Å². The van der Waals surface area contributed by atoms with E-state index in [1.165, 1.54) is 0 Å². The van der Waals surface area contributed by atoms with Crippen molar-refractivity contribution in [1.82, 2.24) is 9.78 Å². The van der Waals surface area contributed by atoms with E-state index in [0.29, 0.717) is 23.6 Å². The Morgan fingerprint density at radius 3 is 2.56 bits per heavy atom. The summed E-state index contributed by atoms with van der Waals surface area (Å²) in [6.45, 7) is 4.45. The summed E-state index contributed by atoms with van der Waals surface area (Å²) in [5.41, 5.74) is 4.67. The number of benzene rings is 3. The summed E-state index contributed by atoms with van der Waals surface area (Å²) in [5.74, 6) is 0.245. The van der Waals surface area contributed by atoms with Crippen molar-refractivity contribution >= 4 is 17.7 Å². The number of hydrogen-bond acceptors (Lipinski definition) is 4. The number of amides is 1. The Morgan fingerprint density at radius 2 is 1.85 bits per heavy atom. The summed E-state index contributed by atoms with van der Waals surface area (Å²) < 4.78 is 7.39. The fourth-order valence-corrected chi connectivity index (χ4v) is 3.47. The second-order valence-electron chi connectivity index (χ2n) is 7.66. The van der Waals surface area contributed by atoms with Crippen LogP contribution in [0.4, 0.5) is 5.69 Å². The van der Waals surface area contributed by atoms with E-state index in [-0.39, 0.29) is 5.57 Å². The number of aromatic nitrogens is 2. The molecule has 34 heavy (non-hydrogen) atoms. The Bertz CT molecular complexity index is 1360. The fourth-order valence-electron chi connectivity index (χ4n) is 3.47. The van der Waals surface area contributed by atoms with E-state index in [4.69, 9.17) is 9.84 Å². The van der Waals surface area contributed by atoms with Gasteiger partial charge in [0.2, 0.25) is 0 Å². The molecule has 0 atom stereocenters. The van der Waals surface area contributed by atoms with Gasteiger partial charge in [-0.2, -0.15) is 10.4 Å². The SMILES string of the molecule is CCOc1cccc(-c2nn(-c3ccccc3)cc2C=C(C#N)C(=O)Nc2ccc(C)cc2)c1. The van der Waals surface area contributed by atoms with Gasteiger partial charge in [0.15, 0.2) is 0 Å². The molecule has 0 radical (unpaired) electrons. The number of aryl methyl sites for hydroxylation is 1. The molecule has 6 nitrogen and oxygen atoms in total. The van der Waals surface area contributed by atoms with E-state index < -0.39 is 5.91 Å². The lowest BCUT2D eigenvalue weighted by Gasteiger charge is -2.06. The topological polar surface area (TPSA) is 79.9 Å². The van der Waals surface area contributed by atoms with Crippen LogP contribution >= 0.6 is 0 Å². The lowest BCUT2D eigenvalue weighted by atomic mass is 10.1. The maximum atomic E-state index is 12.8. The fraction of sp³-hybridized carbons (Fsp3) is 0.107. The number of para-hydroxylation sites is 1. The van der Waals surface area contributed by atoms with Crippen molar-refractivity contribution in [3.05, 3.63) is 102 Å². The highest BCUT2D eigenvalue weighted by atomic mass is 16.5. The van der Waals surface area contributed by atoms with Gasteiger partial charge in [-0.25, -0.2) is 4.68 Å². The number of rotatable bonds is 7. The van der Waals surface area contributed by atoms with E-state index in [1.807, 2.05) is 92.8 Å². The molecule has 0 spiro atoms. The average molecular weight is 449 g/mol. The number of nitrogens with zero attached hydrogens (tertiary/aromatic N) is 3. The zero-order chi connectivity index (χ0) is 23.9. The molecule has 0 bridgehead atoms. The number of carbonyl (C=O) groups is 1. The summed E-state index contributed by atoms with van der Waals surface area (Å²) >= 11 is 0. The minimum atomic E-state index is -0.479. The zero-order valence-electron chi connectivity index (χ0n) is 19.0. The molecule has 6 heteroatoms. The molecule has 0 aliphatic carbocycles. The third-order valence-electron chi connectivity index (χ3n) is 5.16. The van der Waals surface area contributed by atoms with Crippen LogP contribution in [0.15, 0.2) is 90.6 Å². The van der Waals surface area contributed by atoms with Crippen LogP contribution in [0, 0.1) is 18.3 Å². The van der Waals surface area contributed by atoms with Crippen LogP contribution in [0.3, 0.4) is 0 Å². The molecule has 3 aromatic carbocycles. The second kappa shape index (κ2) is 10.3. The first-order valence-electron chi connectivity index (χ1n) is 11.0. The molecule has 168 valence electrons. The van der Waals surface area contributed by atoms with Crippen molar-refractivity contribution in [2.75, 3.05) is 11.9 Å². The van der Waals surface area contributed by atoms with Gasteiger partial charge in [0.25, 0.3) is 5.91 Å². The third kappa shape index (κ3) is 5.22. The third-order valence-corrected chi connectivity index (χ3v) is 5.16. The van der Waals surface area contributed by atoms with Crippen LogP contribution in [-0.4, -0.2) is 22.3 Å². The number of carbonyl (C=O) groups excluding carboxylic acids is 1. The first-order chi connectivity index (χ1) is 16.6. The quantitative estimate of drug-likeness (QED) is 0.287. The Labute approximate surface area is 198 Å². The molecule has 0 unspecified atom stereocenters. The zero-order valence-corrected chi connectivity index (χ0v) is 19.0. The molecule has 0 aliphatic rings. The molecule has 1 heterocycles. The maximum Gasteiger partial charge on any atom is 0.266 e. The van der Waals surface area contributed by atoms with Crippen molar-refractivity contribution in [1.29, 1.82) is 5.26 Å². The Hall–Kier alpha value is -4.63. The number of nitrogens with one attached hydrogen (secondary N) is 1.